The summed E-state index contributed by atoms with van der Waals surface area (Å²) < 4.78 is 0. The molecule has 0 amide bonds. The SMILES string of the molecule is CC(C)(C)c1cc(N(c2cc(-c3ccc(C4CCCCC4)cc3)cc(-c3ccc(C4CCCCC4)cc3)c2)c2c3ccc(-c4ccccc4)cc3c(N(c3cc(-c4ccc(C5CCCCC5)cc4)cc(-c4ccc(C5CCCCC5)cc4)c3)c3cc(C(C)(C)C)cc(C(C)(C)C)c3)c3ccc(-c4ccccc4)cc23)cc(C(C)(C)C)c1. The van der Waals surface area contributed by atoms with Crippen LogP contribution in [-0.2, 0) is 21.7 Å². The Labute approximate surface area is 695 Å². The van der Waals surface area contributed by atoms with Crippen molar-refractivity contribution in [2.24, 2.45) is 0 Å². The molecule has 590 valence electrons. The van der Waals surface area contributed by atoms with Crippen molar-refractivity contribution in [3.8, 4) is 66.8 Å². The summed E-state index contributed by atoms with van der Waals surface area (Å²) in [6.45, 7) is 28.8. The van der Waals surface area contributed by atoms with Crippen LogP contribution in [0.2, 0.25) is 0 Å². The average Bonchev–Trinajstić information content (AvgIpc) is 0.710. The Morgan fingerprint density at radius 3 is 0.655 bits per heavy atom. The van der Waals surface area contributed by atoms with Gasteiger partial charge in [0.1, 0.15) is 0 Å². The lowest BCUT2D eigenvalue weighted by molar-refractivity contribution is 0.443. The Hall–Kier alpha value is -10.0. The highest BCUT2D eigenvalue weighted by atomic mass is 15.2. The van der Waals surface area contributed by atoms with Crippen molar-refractivity contribution in [3.63, 3.8) is 0 Å². The molecule has 13 aromatic rings. The van der Waals surface area contributed by atoms with Crippen molar-refractivity contribution in [2.75, 3.05) is 9.80 Å². The van der Waals surface area contributed by atoms with Crippen LogP contribution in [0.25, 0.3) is 88.3 Å². The van der Waals surface area contributed by atoms with Gasteiger partial charge in [0, 0.05) is 44.3 Å². The van der Waals surface area contributed by atoms with Crippen molar-refractivity contribution in [3.05, 3.63) is 311 Å². The van der Waals surface area contributed by atoms with Gasteiger partial charge in [0.25, 0.3) is 0 Å². The third-order valence-corrected chi connectivity index (χ3v) is 27.2. The predicted molar refractivity (Wildman–Crippen MR) is 502 cm³/mol. The van der Waals surface area contributed by atoms with Crippen molar-refractivity contribution in [2.45, 2.75) is 257 Å². The molecule has 0 N–H and O–H groups in total. The van der Waals surface area contributed by atoms with Gasteiger partial charge < -0.3 is 9.80 Å². The minimum atomic E-state index is -0.190. The standard InChI is InChI=1S/C114H124N2/c1-111(2,3)97-71-98(112(4,5)6)74-103(73-97)115(101-65-93(87-51-43-83(44-52-87)77-31-19-13-20-32-77)63-94(66-101)88-53-45-84(46-54-88)78-33-21-14-22-34-78)109-105-61-59-92(82-41-29-18-30-42-82)70-108(105)110(106-62-60-91(69-107(106)109)81-39-27-17-28-40-81)116(104-75-99(113(7,8)9)72-100(76-104)114(10,11)12)102-67-95(89-55-47-85(48-56-89)79-35-23-15-24-36-79)64-96(68-102)90-57-49-86(50-58-90)80-37-25-16-26-38-80/h17-18,27-30,39-80H,13-16,19-26,31-38H2,1-12H3. The second kappa shape index (κ2) is 32.8. The Bertz CT molecular complexity index is 5030. The smallest absolute Gasteiger partial charge is 0.0620 e. The molecule has 4 fully saturated rings. The fourth-order valence-electron chi connectivity index (χ4n) is 20.0. The van der Waals surface area contributed by atoms with Crippen LogP contribution in [0.5, 0.6) is 0 Å². The quantitative estimate of drug-likeness (QED) is 0.0703. The highest BCUT2D eigenvalue weighted by Crippen LogP contribution is 2.56. The molecule has 2 nitrogen and oxygen atoms in total. The van der Waals surface area contributed by atoms with Gasteiger partial charge in [-0.25, -0.2) is 0 Å². The van der Waals surface area contributed by atoms with Crippen molar-refractivity contribution >= 4 is 55.7 Å². The van der Waals surface area contributed by atoms with Gasteiger partial charge in [-0.2, -0.15) is 0 Å². The maximum absolute atomic E-state index is 2.74. The lowest BCUT2D eigenvalue weighted by Gasteiger charge is -2.36. The van der Waals surface area contributed by atoms with Crippen LogP contribution in [-0.4, -0.2) is 0 Å². The van der Waals surface area contributed by atoms with Gasteiger partial charge in [0.15, 0.2) is 0 Å². The molecule has 4 aliphatic rings. The second-order valence-electron chi connectivity index (χ2n) is 39.5. The van der Waals surface area contributed by atoms with Crippen LogP contribution in [0.3, 0.4) is 0 Å². The molecule has 0 heterocycles. The molecule has 0 atom stereocenters. The molecule has 4 aliphatic carbocycles. The number of nitrogens with zero attached hydrogens (tertiary/aromatic N) is 2. The minimum Gasteiger partial charge on any atom is -0.309 e. The Kier molecular flexibility index (Phi) is 22.2. The van der Waals surface area contributed by atoms with Gasteiger partial charge in [-0.3, -0.25) is 0 Å². The van der Waals surface area contributed by atoms with Crippen LogP contribution in [0.4, 0.5) is 34.1 Å². The highest BCUT2D eigenvalue weighted by Gasteiger charge is 2.33. The molecule has 4 saturated carbocycles. The topological polar surface area (TPSA) is 6.48 Å². The van der Waals surface area contributed by atoms with Crippen LogP contribution < -0.4 is 9.80 Å². The first kappa shape index (κ1) is 78.5. The lowest BCUT2D eigenvalue weighted by atomic mass is 9.80. The van der Waals surface area contributed by atoms with E-state index in [1.54, 1.807) is 0 Å². The van der Waals surface area contributed by atoms with E-state index in [1.807, 2.05) is 0 Å². The second-order valence-corrected chi connectivity index (χ2v) is 39.5. The van der Waals surface area contributed by atoms with E-state index in [0.717, 1.165) is 44.9 Å². The normalized spacial score (nSPS) is 16.0. The van der Waals surface area contributed by atoms with Gasteiger partial charge in [-0.05, 0) is 281 Å². The summed E-state index contributed by atoms with van der Waals surface area (Å²) in [5, 5.41) is 4.66. The monoisotopic (exact) mass is 1520 g/mol. The Morgan fingerprint density at radius 1 is 0.190 bits per heavy atom. The van der Waals surface area contributed by atoms with Gasteiger partial charge in [-0.1, -0.05) is 354 Å². The number of rotatable bonds is 16. The van der Waals surface area contributed by atoms with Crippen molar-refractivity contribution in [1.29, 1.82) is 0 Å². The average molecular weight is 1520 g/mol. The summed E-state index contributed by atoms with van der Waals surface area (Å²) in [5.74, 6) is 2.42. The molecule has 13 aromatic carbocycles. The summed E-state index contributed by atoms with van der Waals surface area (Å²) in [5.41, 5.74) is 31.7. The maximum atomic E-state index is 2.74. The fourth-order valence-corrected chi connectivity index (χ4v) is 20.0. The third-order valence-electron chi connectivity index (χ3n) is 27.2. The number of hydrogen-bond acceptors (Lipinski definition) is 2. The summed E-state index contributed by atoms with van der Waals surface area (Å²) in [7, 11) is 0. The Balaban J connectivity index is 1.01. The van der Waals surface area contributed by atoms with E-state index in [-0.39, 0.29) is 21.7 Å². The lowest BCUT2D eigenvalue weighted by Crippen LogP contribution is -2.20. The number of benzene rings is 13. The fraction of sp³-hybridized carbons (Fsp3) is 0.351. The molecule has 0 unspecified atom stereocenters. The van der Waals surface area contributed by atoms with E-state index in [2.05, 4.69) is 360 Å². The largest absolute Gasteiger partial charge is 0.309 e. The molecule has 0 bridgehead atoms. The number of hydrogen-bond donors (Lipinski definition) is 0. The Morgan fingerprint density at radius 2 is 0.414 bits per heavy atom. The van der Waals surface area contributed by atoms with Crippen molar-refractivity contribution in [1.82, 2.24) is 0 Å². The zero-order valence-electron chi connectivity index (χ0n) is 71.7. The van der Waals surface area contributed by atoms with E-state index in [4.69, 9.17) is 0 Å². The van der Waals surface area contributed by atoms with E-state index >= 15 is 0 Å². The first-order valence-electron chi connectivity index (χ1n) is 44.8. The van der Waals surface area contributed by atoms with Crippen LogP contribution in [0.15, 0.2) is 267 Å². The first-order valence-corrected chi connectivity index (χ1v) is 44.8. The van der Waals surface area contributed by atoms with E-state index in [0.29, 0.717) is 23.7 Å². The molecule has 0 aliphatic heterocycles. The summed E-state index contributed by atoms with van der Waals surface area (Å²) in [4.78, 5) is 5.48. The summed E-state index contributed by atoms with van der Waals surface area (Å²) in [6, 6.07) is 107. The van der Waals surface area contributed by atoms with Crippen LogP contribution >= 0.6 is 0 Å². The molecule has 2 heteroatoms. The van der Waals surface area contributed by atoms with Gasteiger partial charge >= 0.3 is 0 Å². The zero-order valence-corrected chi connectivity index (χ0v) is 71.7. The molecule has 0 spiro atoms. The molecular weight excluding hydrogens is 1400 g/mol. The number of fused-ring (bicyclic) bond motifs is 2. The van der Waals surface area contributed by atoms with Crippen LogP contribution in [0.1, 0.15) is 280 Å². The van der Waals surface area contributed by atoms with Gasteiger partial charge in [-0.15, -0.1) is 0 Å². The van der Waals surface area contributed by atoms with Crippen molar-refractivity contribution < 1.29 is 0 Å². The first-order chi connectivity index (χ1) is 56.0. The highest BCUT2D eigenvalue weighted by molar-refractivity contribution is 6.25. The molecule has 116 heavy (non-hydrogen) atoms. The third kappa shape index (κ3) is 16.8. The van der Waals surface area contributed by atoms with E-state index in [1.165, 1.54) is 250 Å². The molecule has 0 aromatic heterocycles. The number of anilines is 6. The molecule has 17 rings (SSSR count). The summed E-state index contributed by atoms with van der Waals surface area (Å²) in [6.07, 6.45) is 26.0. The minimum absolute atomic E-state index is 0.190. The summed E-state index contributed by atoms with van der Waals surface area (Å²) >= 11 is 0. The molecule has 0 saturated heterocycles. The zero-order chi connectivity index (χ0) is 80.0. The predicted octanol–water partition coefficient (Wildman–Crippen LogP) is 34.3. The van der Waals surface area contributed by atoms with Gasteiger partial charge in [0.2, 0.25) is 0 Å². The van der Waals surface area contributed by atoms with Gasteiger partial charge in [0.05, 0.1) is 11.4 Å². The molecular formula is C114H124N2. The van der Waals surface area contributed by atoms with E-state index < -0.39 is 0 Å². The maximum Gasteiger partial charge on any atom is 0.0620 e. The molecule has 0 radical (unpaired) electrons. The van der Waals surface area contributed by atoms with E-state index in [9.17, 15) is 0 Å². The van der Waals surface area contributed by atoms with Crippen LogP contribution in [0, 0.1) is 0 Å².